The molecule has 2 heterocycles. The van der Waals surface area contributed by atoms with Crippen LogP contribution in [0.4, 0.5) is 14.5 Å². The van der Waals surface area contributed by atoms with Crippen LogP contribution in [-0.4, -0.2) is 29.6 Å². The van der Waals surface area contributed by atoms with Crippen LogP contribution in [0.1, 0.15) is 21.1 Å². The van der Waals surface area contributed by atoms with E-state index in [4.69, 9.17) is 0 Å². The van der Waals surface area contributed by atoms with Gasteiger partial charge in [0.15, 0.2) is 0 Å². The summed E-state index contributed by atoms with van der Waals surface area (Å²) in [5.41, 5.74) is 1.41. The molecule has 0 atom stereocenters. The minimum absolute atomic E-state index is 0.270. The van der Waals surface area contributed by atoms with E-state index in [9.17, 15) is 22.0 Å². The lowest BCUT2D eigenvalue weighted by Gasteiger charge is -2.09. The maximum Gasteiger partial charge on any atom is 0.341 e. The third-order valence-electron chi connectivity index (χ3n) is 3.86. The third-order valence-corrected chi connectivity index (χ3v) is 6.33. The maximum atomic E-state index is 12.8. The number of anilines is 1. The Morgan fingerprint density at radius 2 is 1.96 bits per heavy atom. The summed E-state index contributed by atoms with van der Waals surface area (Å²) < 4.78 is 50.8. The standard InChI is InChI=1S/C17H15F2N3O3S2/c1-11-20-7-8-22(11)10-12-2-4-13(5-3-12)21-16(23)15-14(6-9-26-15)27(24,25)17(18)19/h2-9,17H,10H2,1H3,(H,21,23). The van der Waals surface area contributed by atoms with E-state index in [1.54, 1.807) is 30.5 Å². The molecule has 0 aliphatic rings. The molecule has 27 heavy (non-hydrogen) atoms. The highest BCUT2D eigenvalue weighted by molar-refractivity contribution is 7.92. The number of sulfone groups is 1. The Morgan fingerprint density at radius 1 is 1.26 bits per heavy atom. The molecular formula is C17H15F2N3O3S2. The van der Waals surface area contributed by atoms with Gasteiger partial charge in [-0.2, -0.15) is 8.78 Å². The molecule has 6 nitrogen and oxygen atoms in total. The van der Waals surface area contributed by atoms with Crippen molar-refractivity contribution < 1.29 is 22.0 Å². The second-order valence-corrected chi connectivity index (χ2v) is 8.48. The number of aromatic nitrogens is 2. The molecule has 0 bridgehead atoms. The van der Waals surface area contributed by atoms with E-state index in [0.29, 0.717) is 12.2 Å². The zero-order chi connectivity index (χ0) is 19.6. The van der Waals surface area contributed by atoms with Crippen molar-refractivity contribution in [2.45, 2.75) is 24.1 Å². The lowest BCUT2D eigenvalue weighted by molar-refractivity contribution is 0.102. The molecule has 0 unspecified atom stereocenters. The number of thiophene rings is 1. The summed E-state index contributed by atoms with van der Waals surface area (Å²) in [6.07, 6.45) is 3.56. The van der Waals surface area contributed by atoms with E-state index in [1.165, 1.54) is 5.38 Å². The van der Waals surface area contributed by atoms with Gasteiger partial charge in [-0.05, 0) is 36.1 Å². The fraction of sp³-hybridized carbons (Fsp3) is 0.176. The summed E-state index contributed by atoms with van der Waals surface area (Å²) in [6.45, 7) is 2.50. The van der Waals surface area contributed by atoms with E-state index >= 15 is 0 Å². The summed E-state index contributed by atoms with van der Waals surface area (Å²) in [5, 5.41) is 3.83. The largest absolute Gasteiger partial charge is 0.341 e. The number of hydrogen-bond donors (Lipinski definition) is 1. The molecule has 0 radical (unpaired) electrons. The summed E-state index contributed by atoms with van der Waals surface area (Å²) in [7, 11) is -4.83. The molecule has 1 aromatic carbocycles. The van der Waals surface area contributed by atoms with Crippen LogP contribution in [0, 0.1) is 6.92 Å². The third kappa shape index (κ3) is 4.06. The Bertz CT molecular complexity index is 1060. The molecule has 1 N–H and O–H groups in total. The van der Waals surface area contributed by atoms with Crippen molar-refractivity contribution in [1.82, 2.24) is 9.55 Å². The SMILES string of the molecule is Cc1nccn1Cc1ccc(NC(=O)c2sccc2S(=O)(=O)C(F)F)cc1. The van der Waals surface area contributed by atoms with Crippen molar-refractivity contribution in [2.75, 3.05) is 5.32 Å². The average Bonchev–Trinajstić information content (AvgIpc) is 3.26. The summed E-state index contributed by atoms with van der Waals surface area (Å²) in [6, 6.07) is 7.95. The molecule has 0 fully saturated rings. The summed E-state index contributed by atoms with van der Waals surface area (Å²) in [5.74, 6) is -3.45. The highest BCUT2D eigenvalue weighted by atomic mass is 32.2. The van der Waals surface area contributed by atoms with Gasteiger partial charge in [0.05, 0.1) is 4.90 Å². The number of amides is 1. The molecule has 2 aromatic heterocycles. The van der Waals surface area contributed by atoms with Gasteiger partial charge in [-0.3, -0.25) is 4.79 Å². The van der Waals surface area contributed by atoms with Crippen LogP contribution in [-0.2, 0) is 16.4 Å². The molecule has 0 spiro atoms. The molecule has 0 saturated heterocycles. The molecule has 0 aliphatic heterocycles. The molecule has 1 amide bonds. The number of hydrogen-bond acceptors (Lipinski definition) is 5. The summed E-state index contributed by atoms with van der Waals surface area (Å²) in [4.78, 5) is 15.5. The lowest BCUT2D eigenvalue weighted by Crippen LogP contribution is -2.17. The average molecular weight is 411 g/mol. The first-order chi connectivity index (χ1) is 12.8. The lowest BCUT2D eigenvalue weighted by atomic mass is 10.2. The molecule has 10 heteroatoms. The number of nitrogens with zero attached hydrogens (tertiary/aromatic N) is 2. The molecule has 142 valence electrons. The van der Waals surface area contributed by atoms with Crippen LogP contribution >= 0.6 is 11.3 Å². The predicted molar refractivity (Wildman–Crippen MR) is 98.0 cm³/mol. The second-order valence-electron chi connectivity index (χ2n) is 5.67. The van der Waals surface area contributed by atoms with E-state index in [-0.39, 0.29) is 4.88 Å². The fourth-order valence-electron chi connectivity index (χ4n) is 2.43. The minimum atomic E-state index is -4.83. The highest BCUT2D eigenvalue weighted by Gasteiger charge is 2.32. The van der Waals surface area contributed by atoms with Crippen LogP contribution in [0.3, 0.4) is 0 Å². The van der Waals surface area contributed by atoms with Gasteiger partial charge < -0.3 is 9.88 Å². The number of nitrogens with one attached hydrogen (secondary N) is 1. The molecule has 3 rings (SSSR count). The Kier molecular flexibility index (Phi) is 5.38. The van der Waals surface area contributed by atoms with Crippen molar-refractivity contribution in [1.29, 1.82) is 0 Å². The number of halogens is 2. The molecule has 3 aromatic rings. The maximum absolute atomic E-state index is 12.8. The number of benzene rings is 1. The van der Waals surface area contributed by atoms with Gasteiger partial charge in [0.2, 0.25) is 9.84 Å². The topological polar surface area (TPSA) is 81.1 Å². The Balaban J connectivity index is 1.74. The fourth-order valence-corrected chi connectivity index (χ4v) is 4.49. The highest BCUT2D eigenvalue weighted by Crippen LogP contribution is 2.27. The first-order valence-electron chi connectivity index (χ1n) is 7.76. The quantitative estimate of drug-likeness (QED) is 0.673. The van der Waals surface area contributed by atoms with Crippen molar-refractivity contribution in [3.8, 4) is 0 Å². The van der Waals surface area contributed by atoms with E-state index in [1.807, 2.05) is 17.7 Å². The van der Waals surface area contributed by atoms with E-state index in [2.05, 4.69) is 10.3 Å². The van der Waals surface area contributed by atoms with Crippen molar-refractivity contribution in [3.05, 3.63) is 64.4 Å². The Hall–Kier alpha value is -2.59. The van der Waals surface area contributed by atoms with Crippen molar-refractivity contribution >= 4 is 32.8 Å². The Labute approximate surface area is 158 Å². The van der Waals surface area contributed by atoms with Gasteiger partial charge in [0.1, 0.15) is 10.7 Å². The van der Waals surface area contributed by atoms with Crippen LogP contribution in [0.5, 0.6) is 0 Å². The first-order valence-corrected chi connectivity index (χ1v) is 10.2. The number of carbonyl (C=O) groups excluding carboxylic acids is 1. The zero-order valence-electron chi connectivity index (χ0n) is 14.1. The van der Waals surface area contributed by atoms with Crippen LogP contribution in [0.15, 0.2) is 53.0 Å². The smallest absolute Gasteiger partial charge is 0.331 e. The second kappa shape index (κ2) is 7.57. The number of aryl methyl sites for hydroxylation is 1. The van der Waals surface area contributed by atoms with E-state index in [0.717, 1.165) is 28.8 Å². The minimum Gasteiger partial charge on any atom is -0.331 e. The number of carbonyl (C=O) groups is 1. The van der Waals surface area contributed by atoms with Gasteiger partial charge in [-0.15, -0.1) is 11.3 Å². The number of alkyl halides is 2. The Morgan fingerprint density at radius 3 is 2.56 bits per heavy atom. The molecular weight excluding hydrogens is 396 g/mol. The van der Waals surface area contributed by atoms with Crippen molar-refractivity contribution in [2.24, 2.45) is 0 Å². The van der Waals surface area contributed by atoms with Gasteiger partial charge >= 0.3 is 5.76 Å². The van der Waals surface area contributed by atoms with Gasteiger partial charge in [0, 0.05) is 24.6 Å². The number of imidazole rings is 1. The van der Waals surface area contributed by atoms with Crippen molar-refractivity contribution in [3.63, 3.8) is 0 Å². The number of rotatable bonds is 6. The monoisotopic (exact) mass is 411 g/mol. The molecule has 0 saturated carbocycles. The normalized spacial score (nSPS) is 11.7. The van der Waals surface area contributed by atoms with E-state index < -0.39 is 26.4 Å². The van der Waals surface area contributed by atoms with Crippen LogP contribution in [0.25, 0.3) is 0 Å². The van der Waals surface area contributed by atoms with Gasteiger partial charge in [0.25, 0.3) is 5.91 Å². The predicted octanol–water partition coefficient (Wildman–Crippen LogP) is 3.55. The zero-order valence-corrected chi connectivity index (χ0v) is 15.7. The molecule has 0 aliphatic carbocycles. The van der Waals surface area contributed by atoms with Gasteiger partial charge in [-0.25, -0.2) is 13.4 Å². The summed E-state index contributed by atoms with van der Waals surface area (Å²) >= 11 is 0.794. The first kappa shape index (κ1) is 19.2. The van der Waals surface area contributed by atoms with Gasteiger partial charge in [-0.1, -0.05) is 12.1 Å². The van der Waals surface area contributed by atoms with Crippen LogP contribution < -0.4 is 5.32 Å². The van der Waals surface area contributed by atoms with Crippen LogP contribution in [0.2, 0.25) is 0 Å².